The third-order valence-electron chi connectivity index (χ3n) is 3.10. The van der Waals surface area contributed by atoms with Crippen LogP contribution in [0, 0.1) is 5.82 Å². The molecule has 1 fully saturated rings. The van der Waals surface area contributed by atoms with Crippen LogP contribution in [0.1, 0.15) is 18.9 Å². The van der Waals surface area contributed by atoms with Crippen molar-refractivity contribution in [1.29, 1.82) is 0 Å². The minimum Gasteiger partial charge on any atom is -0.392 e. The smallest absolute Gasteiger partial charge is 0.249 e. The summed E-state index contributed by atoms with van der Waals surface area (Å²) in [6, 6.07) is 3.55. The Morgan fingerprint density at radius 1 is 1.42 bits per heavy atom. The zero-order valence-electron chi connectivity index (χ0n) is 10.5. The van der Waals surface area contributed by atoms with E-state index in [9.17, 15) is 14.0 Å². The number of halogens is 1. The number of aliphatic hydroxyl groups excluding tert-OH is 1. The molecular formula is C13H15FN2O3. The first-order valence-electron chi connectivity index (χ1n) is 6.05. The van der Waals surface area contributed by atoms with E-state index in [-0.39, 0.29) is 19.1 Å². The highest BCUT2D eigenvalue weighted by Gasteiger charge is 2.32. The number of imide groups is 1. The van der Waals surface area contributed by atoms with Gasteiger partial charge in [-0.25, -0.2) is 4.39 Å². The molecule has 5 nitrogen and oxygen atoms in total. The molecule has 1 atom stereocenters. The molecule has 0 spiro atoms. The number of nitrogens with zero attached hydrogens (tertiary/aromatic N) is 1. The number of hydrogen-bond acceptors (Lipinski definition) is 4. The quantitative estimate of drug-likeness (QED) is 0.784. The van der Waals surface area contributed by atoms with Crippen molar-refractivity contribution in [3.63, 3.8) is 0 Å². The van der Waals surface area contributed by atoms with Crippen LogP contribution in [0.2, 0.25) is 0 Å². The van der Waals surface area contributed by atoms with Crippen molar-refractivity contribution in [1.82, 2.24) is 5.32 Å². The molecule has 1 aromatic carbocycles. The summed E-state index contributed by atoms with van der Waals surface area (Å²) in [5, 5.41) is 11.3. The molecule has 0 aliphatic carbocycles. The maximum atomic E-state index is 13.5. The van der Waals surface area contributed by atoms with Crippen LogP contribution in [0.25, 0.3) is 0 Å². The standard InChI is InChI=1S/C13H15FN2O3/c1-2-11-13(19)15-12(18)6-16(11)10-4-8(7-17)3-9(14)5-10/h3-5,11,17H,2,6-7H2,1H3,(H,15,18,19). The van der Waals surface area contributed by atoms with Gasteiger partial charge in [0.05, 0.1) is 13.2 Å². The summed E-state index contributed by atoms with van der Waals surface area (Å²) in [7, 11) is 0. The van der Waals surface area contributed by atoms with Crippen LogP contribution in [0.3, 0.4) is 0 Å². The van der Waals surface area contributed by atoms with Crippen LogP contribution in [0.15, 0.2) is 18.2 Å². The molecule has 102 valence electrons. The molecular weight excluding hydrogens is 251 g/mol. The van der Waals surface area contributed by atoms with Gasteiger partial charge in [0.15, 0.2) is 0 Å². The van der Waals surface area contributed by atoms with Gasteiger partial charge in [0, 0.05) is 5.69 Å². The molecule has 19 heavy (non-hydrogen) atoms. The summed E-state index contributed by atoms with van der Waals surface area (Å²) in [5.74, 6) is -1.30. The van der Waals surface area contributed by atoms with E-state index in [4.69, 9.17) is 5.11 Å². The van der Waals surface area contributed by atoms with Crippen LogP contribution in [-0.2, 0) is 16.2 Å². The monoisotopic (exact) mass is 266 g/mol. The summed E-state index contributed by atoms with van der Waals surface area (Å²) in [6.45, 7) is 1.52. The first-order valence-corrected chi connectivity index (χ1v) is 6.05. The van der Waals surface area contributed by atoms with Crippen LogP contribution in [0.5, 0.6) is 0 Å². The molecule has 1 heterocycles. The van der Waals surface area contributed by atoms with Gasteiger partial charge in [-0.1, -0.05) is 6.92 Å². The van der Waals surface area contributed by atoms with Crippen molar-refractivity contribution in [2.45, 2.75) is 26.0 Å². The predicted molar refractivity (Wildman–Crippen MR) is 66.9 cm³/mol. The molecule has 6 heteroatoms. The lowest BCUT2D eigenvalue weighted by atomic mass is 10.1. The molecule has 0 bridgehead atoms. The summed E-state index contributed by atoms with van der Waals surface area (Å²) in [4.78, 5) is 24.7. The van der Waals surface area contributed by atoms with Gasteiger partial charge in [-0.2, -0.15) is 0 Å². The van der Waals surface area contributed by atoms with Crippen molar-refractivity contribution < 1.29 is 19.1 Å². The minimum atomic E-state index is -0.508. The van der Waals surface area contributed by atoms with Crippen molar-refractivity contribution in [2.24, 2.45) is 0 Å². The van der Waals surface area contributed by atoms with Gasteiger partial charge in [0.1, 0.15) is 11.9 Å². The largest absolute Gasteiger partial charge is 0.392 e. The van der Waals surface area contributed by atoms with E-state index in [1.807, 2.05) is 6.92 Å². The highest BCUT2D eigenvalue weighted by molar-refractivity contribution is 6.04. The molecule has 1 unspecified atom stereocenters. The van der Waals surface area contributed by atoms with Gasteiger partial charge in [-0.3, -0.25) is 14.9 Å². The highest BCUT2D eigenvalue weighted by Crippen LogP contribution is 2.23. The maximum absolute atomic E-state index is 13.5. The molecule has 2 rings (SSSR count). The SMILES string of the molecule is CCC1C(=O)NC(=O)CN1c1cc(F)cc(CO)c1. The van der Waals surface area contributed by atoms with Gasteiger partial charge in [0.25, 0.3) is 0 Å². The van der Waals surface area contributed by atoms with Crippen LogP contribution in [-0.4, -0.2) is 29.5 Å². The van der Waals surface area contributed by atoms with E-state index >= 15 is 0 Å². The van der Waals surface area contributed by atoms with Crippen molar-refractivity contribution in [3.05, 3.63) is 29.6 Å². The van der Waals surface area contributed by atoms with E-state index < -0.39 is 17.8 Å². The summed E-state index contributed by atoms with van der Waals surface area (Å²) >= 11 is 0. The number of anilines is 1. The van der Waals surface area contributed by atoms with Crippen LogP contribution < -0.4 is 10.2 Å². The number of carbonyl (C=O) groups is 2. The van der Waals surface area contributed by atoms with E-state index in [0.29, 0.717) is 17.7 Å². The fourth-order valence-electron chi connectivity index (χ4n) is 2.23. The number of rotatable bonds is 3. The summed E-state index contributed by atoms with van der Waals surface area (Å²) in [5.41, 5.74) is 0.836. The summed E-state index contributed by atoms with van der Waals surface area (Å²) in [6.07, 6.45) is 0.504. The lowest BCUT2D eigenvalue weighted by Gasteiger charge is -2.35. The first-order chi connectivity index (χ1) is 9.05. The number of carbonyl (C=O) groups excluding carboxylic acids is 2. The highest BCUT2D eigenvalue weighted by atomic mass is 19.1. The normalized spacial score (nSPS) is 19.5. The van der Waals surface area contributed by atoms with Gasteiger partial charge in [0.2, 0.25) is 11.8 Å². The Morgan fingerprint density at radius 2 is 2.16 bits per heavy atom. The van der Waals surface area contributed by atoms with E-state index in [2.05, 4.69) is 5.32 Å². The molecule has 1 aliphatic rings. The third-order valence-corrected chi connectivity index (χ3v) is 3.10. The third kappa shape index (κ3) is 2.73. The average Bonchev–Trinajstić information content (AvgIpc) is 2.37. The zero-order valence-corrected chi connectivity index (χ0v) is 10.5. The molecule has 1 aliphatic heterocycles. The first kappa shape index (κ1) is 13.5. The lowest BCUT2D eigenvalue weighted by Crippen LogP contribution is -2.58. The topological polar surface area (TPSA) is 69.6 Å². The Bertz CT molecular complexity index is 519. The van der Waals surface area contributed by atoms with Gasteiger partial charge >= 0.3 is 0 Å². The van der Waals surface area contributed by atoms with Gasteiger partial charge in [-0.05, 0) is 30.2 Å². The Balaban J connectivity index is 2.39. The van der Waals surface area contributed by atoms with Gasteiger partial charge in [-0.15, -0.1) is 0 Å². The van der Waals surface area contributed by atoms with E-state index in [1.54, 1.807) is 11.0 Å². The number of nitrogens with one attached hydrogen (secondary N) is 1. The number of aliphatic hydroxyl groups is 1. The maximum Gasteiger partial charge on any atom is 0.249 e. The van der Waals surface area contributed by atoms with Crippen LogP contribution in [0.4, 0.5) is 10.1 Å². The fraction of sp³-hybridized carbons (Fsp3) is 0.385. The Morgan fingerprint density at radius 3 is 2.79 bits per heavy atom. The summed E-state index contributed by atoms with van der Waals surface area (Å²) < 4.78 is 13.5. The molecule has 1 aromatic rings. The zero-order chi connectivity index (χ0) is 14.0. The second-order valence-electron chi connectivity index (χ2n) is 4.44. The van der Waals surface area contributed by atoms with Crippen molar-refractivity contribution in [3.8, 4) is 0 Å². The number of hydrogen-bond donors (Lipinski definition) is 2. The van der Waals surface area contributed by atoms with Crippen molar-refractivity contribution >= 4 is 17.5 Å². The number of piperazine rings is 1. The predicted octanol–water partition coefficient (Wildman–Crippen LogP) is 0.559. The number of amides is 2. The number of benzene rings is 1. The Kier molecular flexibility index (Phi) is 3.80. The van der Waals surface area contributed by atoms with Crippen molar-refractivity contribution in [2.75, 3.05) is 11.4 Å². The second kappa shape index (κ2) is 5.36. The van der Waals surface area contributed by atoms with Gasteiger partial charge < -0.3 is 10.0 Å². The average molecular weight is 266 g/mol. The molecule has 0 aromatic heterocycles. The molecule has 0 radical (unpaired) electrons. The van der Waals surface area contributed by atoms with E-state index in [0.717, 1.165) is 0 Å². The minimum absolute atomic E-state index is 0.00142. The fourth-order valence-corrected chi connectivity index (χ4v) is 2.23. The Hall–Kier alpha value is -1.95. The second-order valence-corrected chi connectivity index (χ2v) is 4.44. The molecule has 0 saturated carbocycles. The lowest BCUT2D eigenvalue weighted by molar-refractivity contribution is -0.132. The van der Waals surface area contributed by atoms with E-state index in [1.165, 1.54) is 12.1 Å². The van der Waals surface area contributed by atoms with Crippen LogP contribution >= 0.6 is 0 Å². The Labute approximate surface area is 110 Å². The molecule has 2 amide bonds. The molecule has 2 N–H and O–H groups in total. The molecule has 1 saturated heterocycles.